The van der Waals surface area contributed by atoms with Crippen LogP contribution in [-0.2, 0) is 4.79 Å². The highest BCUT2D eigenvalue weighted by molar-refractivity contribution is 8.01. The highest BCUT2D eigenvalue weighted by Crippen LogP contribution is 2.22. The summed E-state index contributed by atoms with van der Waals surface area (Å²) in [6.45, 7) is 6.30. The Hall–Kier alpha value is -1.70. The number of carbonyl (C=O) groups excluding carboxylic acids is 1. The predicted octanol–water partition coefficient (Wildman–Crippen LogP) is 2.80. The van der Waals surface area contributed by atoms with Crippen LogP contribution in [0, 0.1) is 6.92 Å². The molecule has 1 saturated heterocycles. The van der Waals surface area contributed by atoms with E-state index in [-0.39, 0.29) is 5.91 Å². The zero-order chi connectivity index (χ0) is 17.5. The average molecular weight is 375 g/mol. The van der Waals surface area contributed by atoms with Crippen LogP contribution in [0.1, 0.15) is 10.6 Å². The number of hydrogen-bond donors (Lipinski definition) is 0. The van der Waals surface area contributed by atoms with Crippen molar-refractivity contribution in [1.29, 1.82) is 0 Å². The summed E-state index contributed by atoms with van der Waals surface area (Å²) < 4.78 is 0.871. The van der Waals surface area contributed by atoms with E-state index in [9.17, 15) is 4.79 Å². The van der Waals surface area contributed by atoms with Gasteiger partial charge in [0, 0.05) is 32.7 Å². The number of nitrogens with zero attached hydrogens (tertiary/aromatic N) is 4. The van der Waals surface area contributed by atoms with Gasteiger partial charge in [0.05, 0.1) is 5.75 Å². The Bertz CT molecular complexity index is 709. The van der Waals surface area contributed by atoms with Crippen molar-refractivity contribution in [2.45, 2.75) is 11.3 Å². The van der Waals surface area contributed by atoms with Crippen LogP contribution < -0.4 is 0 Å². The van der Waals surface area contributed by atoms with Crippen LogP contribution in [0.4, 0.5) is 0 Å². The third-order valence-corrected chi connectivity index (χ3v) is 5.98. The van der Waals surface area contributed by atoms with Crippen LogP contribution in [0.15, 0.2) is 40.7 Å². The highest BCUT2D eigenvalue weighted by Gasteiger charge is 2.20. The quantitative estimate of drug-likeness (QED) is 0.728. The van der Waals surface area contributed by atoms with Gasteiger partial charge in [-0.05, 0) is 12.5 Å². The van der Waals surface area contributed by atoms with E-state index in [1.807, 2.05) is 30.0 Å². The zero-order valence-electron chi connectivity index (χ0n) is 14.3. The largest absolute Gasteiger partial charge is 0.339 e. The molecule has 132 valence electrons. The van der Waals surface area contributed by atoms with Crippen LogP contribution >= 0.6 is 23.1 Å². The Morgan fingerprint density at radius 3 is 2.64 bits per heavy atom. The Morgan fingerprint density at radius 1 is 1.20 bits per heavy atom. The maximum absolute atomic E-state index is 12.3. The molecule has 0 aliphatic carbocycles. The van der Waals surface area contributed by atoms with Gasteiger partial charge >= 0.3 is 0 Å². The molecule has 25 heavy (non-hydrogen) atoms. The minimum atomic E-state index is 0.192. The van der Waals surface area contributed by atoms with Gasteiger partial charge in [-0.1, -0.05) is 65.6 Å². The van der Waals surface area contributed by atoms with E-state index in [0.29, 0.717) is 5.75 Å². The predicted molar refractivity (Wildman–Crippen MR) is 104 cm³/mol. The number of benzene rings is 1. The fraction of sp³-hybridized carbons (Fsp3) is 0.389. The second-order valence-corrected chi connectivity index (χ2v) is 8.27. The van der Waals surface area contributed by atoms with Crippen LogP contribution in [0.3, 0.4) is 0 Å². The molecule has 0 N–H and O–H groups in total. The van der Waals surface area contributed by atoms with Crippen molar-refractivity contribution < 1.29 is 4.79 Å². The normalized spacial score (nSPS) is 15.8. The summed E-state index contributed by atoms with van der Waals surface area (Å²) in [5.41, 5.74) is 1.22. The van der Waals surface area contributed by atoms with Crippen molar-refractivity contribution in [2.24, 2.45) is 0 Å². The lowest BCUT2D eigenvalue weighted by atomic mass is 10.2. The van der Waals surface area contributed by atoms with Crippen molar-refractivity contribution in [3.05, 3.63) is 47.0 Å². The summed E-state index contributed by atoms with van der Waals surface area (Å²) in [5.74, 6) is 0.639. The van der Waals surface area contributed by atoms with Gasteiger partial charge in [-0.3, -0.25) is 9.69 Å². The van der Waals surface area contributed by atoms with Gasteiger partial charge in [0.1, 0.15) is 5.01 Å². The maximum atomic E-state index is 12.3. The molecule has 5 nitrogen and oxygen atoms in total. The highest BCUT2D eigenvalue weighted by atomic mass is 32.2. The molecule has 7 heteroatoms. The smallest absolute Gasteiger partial charge is 0.233 e. The SMILES string of the molecule is Cc1nnc(SCC(=O)N2CCN(C/C=C/c3ccccc3)CC2)s1. The standard InChI is InChI=1S/C18H22N4OS2/c1-15-19-20-18(25-15)24-14-17(23)22-12-10-21(11-13-22)9-5-8-16-6-3-2-4-7-16/h2-8H,9-14H2,1H3/b8-5+. The van der Waals surface area contributed by atoms with E-state index < -0.39 is 0 Å². The molecule has 0 radical (unpaired) electrons. The lowest BCUT2D eigenvalue weighted by Crippen LogP contribution is -2.49. The summed E-state index contributed by atoms with van der Waals surface area (Å²) in [7, 11) is 0. The molecular weight excluding hydrogens is 352 g/mol. The molecule has 0 atom stereocenters. The Morgan fingerprint density at radius 2 is 1.96 bits per heavy atom. The fourth-order valence-corrected chi connectivity index (χ4v) is 4.35. The topological polar surface area (TPSA) is 49.3 Å². The second kappa shape index (κ2) is 9.12. The monoisotopic (exact) mass is 374 g/mol. The molecule has 1 aromatic heterocycles. The molecule has 1 aliphatic heterocycles. The average Bonchev–Trinajstić information content (AvgIpc) is 3.06. The molecule has 2 aromatic rings. The Balaban J connectivity index is 1.37. The van der Waals surface area contributed by atoms with E-state index in [0.717, 1.165) is 42.1 Å². The third-order valence-electron chi connectivity index (χ3n) is 4.03. The van der Waals surface area contributed by atoms with Crippen molar-refractivity contribution in [3.8, 4) is 0 Å². The van der Waals surface area contributed by atoms with Gasteiger partial charge < -0.3 is 4.90 Å². The van der Waals surface area contributed by atoms with Crippen molar-refractivity contribution in [2.75, 3.05) is 38.5 Å². The van der Waals surface area contributed by atoms with Gasteiger partial charge in [0.25, 0.3) is 0 Å². The summed E-state index contributed by atoms with van der Waals surface area (Å²) in [5, 5.41) is 8.96. The number of thioether (sulfide) groups is 1. The molecular formula is C18H22N4OS2. The van der Waals surface area contributed by atoms with Gasteiger partial charge in [-0.2, -0.15) is 0 Å². The van der Waals surface area contributed by atoms with E-state index in [2.05, 4.69) is 39.4 Å². The van der Waals surface area contributed by atoms with E-state index in [1.54, 1.807) is 0 Å². The summed E-state index contributed by atoms with van der Waals surface area (Å²) in [6.07, 6.45) is 4.35. The van der Waals surface area contributed by atoms with E-state index in [1.165, 1.54) is 28.7 Å². The van der Waals surface area contributed by atoms with Crippen LogP contribution in [0.2, 0.25) is 0 Å². The van der Waals surface area contributed by atoms with E-state index >= 15 is 0 Å². The maximum Gasteiger partial charge on any atom is 0.233 e. The number of piperazine rings is 1. The first-order valence-corrected chi connectivity index (χ1v) is 10.2. The molecule has 1 amide bonds. The van der Waals surface area contributed by atoms with Gasteiger partial charge in [0.2, 0.25) is 5.91 Å². The lowest BCUT2D eigenvalue weighted by Gasteiger charge is -2.34. The lowest BCUT2D eigenvalue weighted by molar-refractivity contribution is -0.129. The number of rotatable bonds is 6. The van der Waals surface area contributed by atoms with Crippen molar-refractivity contribution >= 4 is 35.1 Å². The number of amides is 1. The number of hydrogen-bond acceptors (Lipinski definition) is 6. The molecule has 0 unspecified atom stereocenters. The number of aryl methyl sites for hydroxylation is 1. The molecule has 1 aliphatic rings. The minimum Gasteiger partial charge on any atom is -0.339 e. The number of carbonyl (C=O) groups is 1. The van der Waals surface area contributed by atoms with E-state index in [4.69, 9.17) is 0 Å². The first-order chi connectivity index (χ1) is 12.2. The van der Waals surface area contributed by atoms with Crippen molar-refractivity contribution in [1.82, 2.24) is 20.0 Å². The zero-order valence-corrected chi connectivity index (χ0v) is 15.9. The molecule has 1 aromatic carbocycles. The van der Waals surface area contributed by atoms with Gasteiger partial charge in [0.15, 0.2) is 4.34 Å². The summed E-state index contributed by atoms with van der Waals surface area (Å²) >= 11 is 3.02. The molecule has 2 heterocycles. The third kappa shape index (κ3) is 5.66. The summed E-state index contributed by atoms with van der Waals surface area (Å²) in [4.78, 5) is 16.6. The molecule has 0 spiro atoms. The molecule has 1 fully saturated rings. The van der Waals surface area contributed by atoms with Crippen LogP contribution in [0.5, 0.6) is 0 Å². The number of aromatic nitrogens is 2. The van der Waals surface area contributed by atoms with Crippen LogP contribution in [0.25, 0.3) is 6.08 Å². The molecule has 3 rings (SSSR count). The first-order valence-electron chi connectivity index (χ1n) is 8.35. The first kappa shape index (κ1) is 18.1. The van der Waals surface area contributed by atoms with Crippen molar-refractivity contribution in [3.63, 3.8) is 0 Å². The molecule has 0 bridgehead atoms. The minimum absolute atomic E-state index is 0.192. The van der Waals surface area contributed by atoms with Gasteiger partial charge in [-0.15, -0.1) is 10.2 Å². The second-order valence-electron chi connectivity index (χ2n) is 5.87. The molecule has 0 saturated carbocycles. The van der Waals surface area contributed by atoms with Gasteiger partial charge in [-0.25, -0.2) is 0 Å². The Kier molecular flexibility index (Phi) is 6.61. The Labute approximate surface area is 156 Å². The van der Waals surface area contributed by atoms with Crippen LogP contribution in [-0.4, -0.2) is 64.4 Å². The fourth-order valence-electron chi connectivity index (χ4n) is 2.63. The summed E-state index contributed by atoms with van der Waals surface area (Å²) in [6, 6.07) is 10.3.